The Hall–Kier alpha value is -2.74. The van der Waals surface area contributed by atoms with E-state index in [-0.39, 0.29) is 43.0 Å². The van der Waals surface area contributed by atoms with Crippen molar-refractivity contribution in [1.29, 1.82) is 0 Å². The molecule has 1 aromatic rings. The van der Waals surface area contributed by atoms with Crippen LogP contribution >= 0.6 is 0 Å². The van der Waals surface area contributed by atoms with Gasteiger partial charge in [0.25, 0.3) is 5.91 Å². The lowest BCUT2D eigenvalue weighted by molar-refractivity contribution is -0.141. The van der Waals surface area contributed by atoms with Crippen LogP contribution in [0.5, 0.6) is 0 Å². The third-order valence-electron chi connectivity index (χ3n) is 4.58. The van der Waals surface area contributed by atoms with E-state index in [2.05, 4.69) is 5.32 Å². The monoisotopic (exact) mass is 360 g/mol. The number of morpholine rings is 1. The first-order chi connectivity index (χ1) is 12.4. The standard InChI is InChI=1S/C18H20N2O6/c21-15-8-13(17(24)19-15)7-11-1-3-12(4-2-11)18(25)20-5-6-26-14(10-20)9-16(22)23/h1-4,13-14H,5-10H2,(H,22,23)(H,19,21,24). The Kier molecular flexibility index (Phi) is 5.32. The van der Waals surface area contributed by atoms with Gasteiger partial charge in [0.2, 0.25) is 11.8 Å². The highest BCUT2D eigenvalue weighted by Gasteiger charge is 2.30. The van der Waals surface area contributed by atoms with Crippen molar-refractivity contribution in [2.45, 2.75) is 25.4 Å². The molecule has 2 fully saturated rings. The number of amides is 3. The minimum Gasteiger partial charge on any atom is -0.481 e. The number of aliphatic carboxylic acids is 1. The molecule has 3 rings (SSSR count). The molecule has 0 radical (unpaired) electrons. The second kappa shape index (κ2) is 7.65. The Morgan fingerprint density at radius 1 is 1.23 bits per heavy atom. The molecule has 0 spiro atoms. The maximum absolute atomic E-state index is 12.6. The maximum Gasteiger partial charge on any atom is 0.306 e. The van der Waals surface area contributed by atoms with Gasteiger partial charge in [-0.15, -0.1) is 0 Å². The largest absolute Gasteiger partial charge is 0.481 e. The topological polar surface area (TPSA) is 113 Å². The number of hydrogen-bond acceptors (Lipinski definition) is 5. The average Bonchev–Trinajstić information content (AvgIpc) is 2.92. The van der Waals surface area contributed by atoms with Gasteiger partial charge in [-0.3, -0.25) is 24.5 Å². The first kappa shape index (κ1) is 18.1. The molecule has 0 aromatic heterocycles. The number of rotatable bonds is 5. The number of carboxylic acids is 1. The highest BCUT2D eigenvalue weighted by Crippen LogP contribution is 2.19. The summed E-state index contributed by atoms with van der Waals surface area (Å²) in [6.07, 6.45) is 0.0100. The van der Waals surface area contributed by atoms with Crippen LogP contribution in [-0.2, 0) is 25.5 Å². The molecule has 0 saturated carbocycles. The van der Waals surface area contributed by atoms with Crippen LogP contribution in [0.1, 0.15) is 28.8 Å². The number of carbonyl (C=O) groups is 4. The zero-order chi connectivity index (χ0) is 18.7. The van der Waals surface area contributed by atoms with Gasteiger partial charge in [0.05, 0.1) is 25.0 Å². The zero-order valence-electron chi connectivity index (χ0n) is 14.1. The number of carboxylic acid groups (broad SMARTS) is 1. The quantitative estimate of drug-likeness (QED) is 0.726. The van der Waals surface area contributed by atoms with Gasteiger partial charge < -0.3 is 14.7 Å². The molecule has 8 nitrogen and oxygen atoms in total. The number of hydrogen-bond donors (Lipinski definition) is 2. The Labute approximate surface area is 150 Å². The summed E-state index contributed by atoms with van der Waals surface area (Å²) < 4.78 is 5.38. The Morgan fingerprint density at radius 2 is 1.96 bits per heavy atom. The first-order valence-corrected chi connectivity index (χ1v) is 8.47. The maximum atomic E-state index is 12.6. The number of nitrogens with one attached hydrogen (secondary N) is 1. The summed E-state index contributed by atoms with van der Waals surface area (Å²) >= 11 is 0. The van der Waals surface area contributed by atoms with Crippen LogP contribution in [0.25, 0.3) is 0 Å². The summed E-state index contributed by atoms with van der Waals surface area (Å²) in [7, 11) is 0. The lowest BCUT2D eigenvalue weighted by Gasteiger charge is -2.32. The van der Waals surface area contributed by atoms with Crippen LogP contribution in [0.4, 0.5) is 0 Å². The molecular formula is C18H20N2O6. The number of ether oxygens (including phenoxy) is 1. The predicted octanol–water partition coefficient (Wildman–Crippen LogP) is 0.208. The Bertz CT molecular complexity index is 730. The van der Waals surface area contributed by atoms with Crippen molar-refractivity contribution in [3.8, 4) is 0 Å². The van der Waals surface area contributed by atoms with Crippen LogP contribution in [0, 0.1) is 5.92 Å². The van der Waals surface area contributed by atoms with Gasteiger partial charge in [0.15, 0.2) is 0 Å². The highest BCUT2D eigenvalue weighted by atomic mass is 16.5. The van der Waals surface area contributed by atoms with Crippen molar-refractivity contribution in [3.05, 3.63) is 35.4 Å². The molecule has 2 aliphatic heterocycles. The summed E-state index contributed by atoms with van der Waals surface area (Å²) in [5, 5.41) is 11.1. The third kappa shape index (κ3) is 4.26. The third-order valence-corrected chi connectivity index (χ3v) is 4.58. The molecule has 0 bridgehead atoms. The van der Waals surface area contributed by atoms with E-state index in [0.29, 0.717) is 25.1 Å². The normalized spacial score (nSPS) is 23.0. The minimum absolute atomic E-state index is 0.134. The van der Waals surface area contributed by atoms with E-state index in [1.165, 1.54) is 0 Å². The van der Waals surface area contributed by atoms with E-state index in [9.17, 15) is 19.2 Å². The van der Waals surface area contributed by atoms with Crippen LogP contribution in [0.15, 0.2) is 24.3 Å². The van der Waals surface area contributed by atoms with Crippen molar-refractivity contribution in [2.75, 3.05) is 19.7 Å². The summed E-state index contributed by atoms with van der Waals surface area (Å²) in [6, 6.07) is 6.93. The number of benzene rings is 1. The highest BCUT2D eigenvalue weighted by molar-refractivity contribution is 6.03. The molecule has 138 valence electrons. The predicted molar refractivity (Wildman–Crippen MR) is 89.3 cm³/mol. The molecule has 26 heavy (non-hydrogen) atoms. The van der Waals surface area contributed by atoms with Crippen LogP contribution in [-0.4, -0.2) is 59.5 Å². The second-order valence-electron chi connectivity index (χ2n) is 6.56. The molecule has 2 heterocycles. The van der Waals surface area contributed by atoms with E-state index >= 15 is 0 Å². The van der Waals surface area contributed by atoms with E-state index in [1.54, 1.807) is 29.2 Å². The number of imide groups is 1. The van der Waals surface area contributed by atoms with Crippen LogP contribution in [0.3, 0.4) is 0 Å². The molecule has 2 atom stereocenters. The molecule has 2 aliphatic rings. The molecule has 0 aliphatic carbocycles. The van der Waals surface area contributed by atoms with Gasteiger partial charge in [-0.1, -0.05) is 12.1 Å². The molecule has 2 saturated heterocycles. The molecule has 1 aromatic carbocycles. The van der Waals surface area contributed by atoms with Crippen molar-refractivity contribution in [1.82, 2.24) is 10.2 Å². The number of nitrogens with zero attached hydrogens (tertiary/aromatic N) is 1. The van der Waals surface area contributed by atoms with Gasteiger partial charge in [0, 0.05) is 25.1 Å². The Balaban J connectivity index is 1.60. The van der Waals surface area contributed by atoms with Crippen molar-refractivity contribution in [3.63, 3.8) is 0 Å². The minimum atomic E-state index is -0.955. The van der Waals surface area contributed by atoms with Gasteiger partial charge in [-0.05, 0) is 24.1 Å². The summed E-state index contributed by atoms with van der Waals surface area (Å²) in [6.45, 7) is 0.977. The molecule has 2 unspecified atom stereocenters. The van der Waals surface area contributed by atoms with Gasteiger partial charge >= 0.3 is 5.97 Å². The zero-order valence-corrected chi connectivity index (χ0v) is 14.1. The molecule has 8 heteroatoms. The van der Waals surface area contributed by atoms with Crippen molar-refractivity contribution >= 4 is 23.7 Å². The lowest BCUT2D eigenvalue weighted by atomic mass is 9.97. The molecule has 3 amide bonds. The fraction of sp³-hybridized carbons (Fsp3) is 0.444. The molecular weight excluding hydrogens is 340 g/mol. The van der Waals surface area contributed by atoms with Gasteiger partial charge in [-0.25, -0.2) is 0 Å². The van der Waals surface area contributed by atoms with Crippen LogP contribution in [0.2, 0.25) is 0 Å². The second-order valence-corrected chi connectivity index (χ2v) is 6.56. The van der Waals surface area contributed by atoms with E-state index < -0.39 is 12.1 Å². The Morgan fingerprint density at radius 3 is 2.58 bits per heavy atom. The lowest BCUT2D eigenvalue weighted by Crippen LogP contribution is -2.46. The van der Waals surface area contributed by atoms with Crippen molar-refractivity contribution in [2.24, 2.45) is 5.92 Å². The average molecular weight is 360 g/mol. The van der Waals surface area contributed by atoms with E-state index in [4.69, 9.17) is 9.84 Å². The fourth-order valence-corrected chi connectivity index (χ4v) is 3.24. The smallest absolute Gasteiger partial charge is 0.306 e. The summed E-state index contributed by atoms with van der Waals surface area (Å²) in [4.78, 5) is 47.9. The van der Waals surface area contributed by atoms with Gasteiger partial charge in [-0.2, -0.15) is 0 Å². The first-order valence-electron chi connectivity index (χ1n) is 8.47. The van der Waals surface area contributed by atoms with Crippen molar-refractivity contribution < 1.29 is 29.0 Å². The van der Waals surface area contributed by atoms with E-state index in [0.717, 1.165) is 5.56 Å². The van der Waals surface area contributed by atoms with E-state index in [1.807, 2.05) is 0 Å². The summed E-state index contributed by atoms with van der Waals surface area (Å²) in [5.74, 6) is -2.00. The van der Waals surface area contributed by atoms with Crippen LogP contribution < -0.4 is 5.32 Å². The summed E-state index contributed by atoms with van der Waals surface area (Å²) in [5.41, 5.74) is 1.37. The fourth-order valence-electron chi connectivity index (χ4n) is 3.24. The molecule has 2 N–H and O–H groups in total. The number of carbonyl (C=O) groups excluding carboxylic acids is 3. The SMILES string of the molecule is O=C(O)CC1CN(C(=O)c2ccc(CC3CC(=O)NC3=O)cc2)CCO1. The van der Waals surface area contributed by atoms with Gasteiger partial charge in [0.1, 0.15) is 0 Å².